The summed E-state index contributed by atoms with van der Waals surface area (Å²) >= 11 is 0. The quantitative estimate of drug-likeness (QED) is 0.403. The van der Waals surface area contributed by atoms with Crippen LogP contribution in [0.4, 0.5) is 13.2 Å². The van der Waals surface area contributed by atoms with Crippen molar-refractivity contribution in [2.75, 3.05) is 0 Å². The number of rotatable bonds is 1. The van der Waals surface area contributed by atoms with Crippen LogP contribution in [0.1, 0.15) is 15.9 Å². The van der Waals surface area contributed by atoms with Crippen molar-refractivity contribution in [1.82, 2.24) is 10.4 Å². The van der Waals surface area contributed by atoms with Crippen LogP contribution in [0.15, 0.2) is 18.5 Å². The maximum absolute atomic E-state index is 12.1. The van der Waals surface area contributed by atoms with Crippen molar-refractivity contribution >= 4 is 5.91 Å². The fraction of sp³-hybridized carbons (Fsp3) is 0.143. The lowest BCUT2D eigenvalue weighted by atomic mass is 10.2. The van der Waals surface area contributed by atoms with Gasteiger partial charge in [0.2, 0.25) is 0 Å². The van der Waals surface area contributed by atoms with E-state index in [0.29, 0.717) is 12.3 Å². The summed E-state index contributed by atoms with van der Waals surface area (Å²) in [6.07, 6.45) is -2.89. The summed E-state index contributed by atoms with van der Waals surface area (Å²) < 4.78 is 36.4. The lowest BCUT2D eigenvalue weighted by Crippen LogP contribution is -2.30. The van der Waals surface area contributed by atoms with Gasteiger partial charge in [0, 0.05) is 12.4 Å². The number of hydrogen-bond acceptors (Lipinski definition) is 3. The van der Waals surface area contributed by atoms with Crippen molar-refractivity contribution < 1.29 is 18.0 Å². The van der Waals surface area contributed by atoms with Crippen molar-refractivity contribution in [1.29, 1.82) is 0 Å². The summed E-state index contributed by atoms with van der Waals surface area (Å²) in [5.41, 5.74) is 0.492. The van der Waals surface area contributed by atoms with Crippen LogP contribution in [0.25, 0.3) is 0 Å². The molecular weight excluding hydrogens is 199 g/mol. The number of amides is 1. The molecule has 14 heavy (non-hydrogen) atoms. The van der Waals surface area contributed by atoms with Gasteiger partial charge in [0.1, 0.15) is 0 Å². The highest BCUT2D eigenvalue weighted by Gasteiger charge is 2.31. The summed E-state index contributed by atoms with van der Waals surface area (Å²) in [7, 11) is 0. The van der Waals surface area contributed by atoms with Crippen molar-refractivity contribution in [3.8, 4) is 0 Å². The number of halogens is 3. The van der Waals surface area contributed by atoms with Crippen molar-refractivity contribution in [3.05, 3.63) is 29.6 Å². The maximum atomic E-state index is 12.1. The summed E-state index contributed by atoms with van der Waals surface area (Å²) in [5.74, 6) is 3.94. The number of nitrogens with one attached hydrogen (secondary N) is 1. The van der Waals surface area contributed by atoms with Gasteiger partial charge >= 0.3 is 6.18 Å². The molecule has 1 rings (SSSR count). The van der Waals surface area contributed by atoms with Crippen LogP contribution in [0.5, 0.6) is 0 Å². The molecule has 0 aliphatic rings. The molecule has 0 atom stereocenters. The van der Waals surface area contributed by atoms with Gasteiger partial charge in [-0.25, -0.2) is 5.84 Å². The minimum absolute atomic E-state index is 0.234. The average Bonchev–Trinajstić information content (AvgIpc) is 2.15. The van der Waals surface area contributed by atoms with Crippen LogP contribution < -0.4 is 11.3 Å². The first-order valence-electron chi connectivity index (χ1n) is 3.48. The van der Waals surface area contributed by atoms with E-state index in [1.54, 1.807) is 5.43 Å². The van der Waals surface area contributed by atoms with E-state index in [2.05, 4.69) is 4.98 Å². The molecule has 0 spiro atoms. The van der Waals surface area contributed by atoms with Crippen LogP contribution in [0, 0.1) is 0 Å². The first-order chi connectivity index (χ1) is 6.45. The average molecular weight is 205 g/mol. The number of pyridine rings is 1. The van der Waals surface area contributed by atoms with Gasteiger partial charge in [-0.15, -0.1) is 0 Å². The first-order valence-corrected chi connectivity index (χ1v) is 3.48. The second kappa shape index (κ2) is 3.62. The molecule has 0 fully saturated rings. The van der Waals surface area contributed by atoms with Gasteiger partial charge in [0.25, 0.3) is 5.91 Å². The minimum atomic E-state index is -4.52. The van der Waals surface area contributed by atoms with E-state index in [1.165, 1.54) is 0 Å². The first kappa shape index (κ1) is 10.5. The topological polar surface area (TPSA) is 68.0 Å². The Hall–Kier alpha value is -1.63. The number of hydrogen-bond donors (Lipinski definition) is 2. The number of alkyl halides is 3. The lowest BCUT2D eigenvalue weighted by Gasteiger charge is -2.06. The molecule has 76 valence electrons. The third-order valence-electron chi connectivity index (χ3n) is 1.46. The van der Waals surface area contributed by atoms with Crippen molar-refractivity contribution in [2.24, 2.45) is 5.84 Å². The highest BCUT2D eigenvalue weighted by atomic mass is 19.4. The Labute approximate surface area is 76.9 Å². The van der Waals surface area contributed by atoms with E-state index < -0.39 is 17.6 Å². The zero-order valence-corrected chi connectivity index (χ0v) is 6.80. The van der Waals surface area contributed by atoms with Crippen LogP contribution in [0.3, 0.4) is 0 Å². The molecule has 7 heteroatoms. The zero-order valence-electron chi connectivity index (χ0n) is 6.80. The molecule has 0 aromatic carbocycles. The third kappa shape index (κ3) is 2.19. The number of aromatic nitrogens is 1. The van der Waals surface area contributed by atoms with Crippen molar-refractivity contribution in [3.63, 3.8) is 0 Å². The molecule has 0 saturated heterocycles. The SMILES string of the molecule is NNC(=O)c1cncc(C(F)(F)F)c1. The highest BCUT2D eigenvalue weighted by molar-refractivity contribution is 5.93. The maximum Gasteiger partial charge on any atom is 0.417 e. The zero-order chi connectivity index (χ0) is 10.8. The number of hydrazine groups is 1. The summed E-state index contributed by atoms with van der Waals surface area (Å²) in [5, 5.41) is 0. The fourth-order valence-electron chi connectivity index (χ4n) is 0.802. The number of carbonyl (C=O) groups excluding carboxylic acids is 1. The van der Waals surface area contributed by atoms with E-state index in [0.717, 1.165) is 6.20 Å². The number of nitrogens with two attached hydrogens (primary N) is 1. The van der Waals surface area contributed by atoms with E-state index in [1.807, 2.05) is 0 Å². The van der Waals surface area contributed by atoms with Gasteiger partial charge < -0.3 is 0 Å². The van der Waals surface area contributed by atoms with Gasteiger partial charge in [-0.2, -0.15) is 13.2 Å². The van der Waals surface area contributed by atoms with Gasteiger partial charge in [-0.1, -0.05) is 0 Å². The predicted molar refractivity (Wildman–Crippen MR) is 40.9 cm³/mol. The Morgan fingerprint density at radius 2 is 2.07 bits per heavy atom. The summed E-state index contributed by atoms with van der Waals surface area (Å²) in [6.45, 7) is 0. The van der Waals surface area contributed by atoms with Crippen molar-refractivity contribution in [2.45, 2.75) is 6.18 Å². The Bertz CT molecular complexity index is 350. The largest absolute Gasteiger partial charge is 0.417 e. The van der Waals surface area contributed by atoms with E-state index in [9.17, 15) is 18.0 Å². The molecule has 1 heterocycles. The van der Waals surface area contributed by atoms with Crippen LogP contribution in [-0.2, 0) is 6.18 Å². The number of carbonyl (C=O) groups is 1. The molecule has 0 bridgehead atoms. The molecule has 0 aliphatic carbocycles. The summed E-state index contributed by atoms with van der Waals surface area (Å²) in [4.78, 5) is 14.1. The Kier molecular flexibility index (Phi) is 2.70. The highest BCUT2D eigenvalue weighted by Crippen LogP contribution is 2.28. The molecule has 3 N–H and O–H groups in total. The normalized spacial score (nSPS) is 11.1. The standard InChI is InChI=1S/C7H6F3N3O/c8-7(9,10)5-1-4(2-12-3-5)6(14)13-11/h1-3H,11H2,(H,13,14). The molecule has 0 saturated carbocycles. The van der Waals surface area contributed by atoms with Crippen LogP contribution >= 0.6 is 0 Å². The molecular formula is C7H6F3N3O. The van der Waals surface area contributed by atoms with E-state index in [4.69, 9.17) is 5.84 Å². The monoisotopic (exact) mass is 205 g/mol. The van der Waals surface area contributed by atoms with Crippen LogP contribution in [-0.4, -0.2) is 10.9 Å². The van der Waals surface area contributed by atoms with E-state index >= 15 is 0 Å². The van der Waals surface area contributed by atoms with Gasteiger partial charge in [-0.05, 0) is 6.07 Å². The van der Waals surface area contributed by atoms with Gasteiger partial charge in [-0.3, -0.25) is 15.2 Å². The lowest BCUT2D eigenvalue weighted by molar-refractivity contribution is -0.137. The molecule has 4 nitrogen and oxygen atoms in total. The van der Waals surface area contributed by atoms with Crippen LogP contribution in [0.2, 0.25) is 0 Å². The molecule has 1 amide bonds. The van der Waals surface area contributed by atoms with Gasteiger partial charge in [0.05, 0.1) is 11.1 Å². The molecule has 0 radical (unpaired) electrons. The Morgan fingerprint density at radius 3 is 2.57 bits per heavy atom. The molecule has 0 unspecified atom stereocenters. The second-order valence-corrected chi connectivity index (χ2v) is 2.43. The number of nitrogens with zero attached hydrogens (tertiary/aromatic N) is 1. The fourth-order valence-corrected chi connectivity index (χ4v) is 0.802. The Balaban J connectivity index is 3.08. The molecule has 1 aromatic rings. The molecule has 1 aromatic heterocycles. The van der Waals surface area contributed by atoms with E-state index in [-0.39, 0.29) is 5.56 Å². The second-order valence-electron chi connectivity index (χ2n) is 2.43. The minimum Gasteiger partial charge on any atom is -0.290 e. The molecule has 0 aliphatic heterocycles. The third-order valence-corrected chi connectivity index (χ3v) is 1.46. The van der Waals surface area contributed by atoms with Gasteiger partial charge in [0.15, 0.2) is 0 Å². The summed E-state index contributed by atoms with van der Waals surface area (Å²) in [6, 6.07) is 0.676. The predicted octanol–water partition coefficient (Wildman–Crippen LogP) is 0.704. The Morgan fingerprint density at radius 1 is 1.43 bits per heavy atom. The number of nitrogen functional groups attached to an aromatic ring is 1. The smallest absolute Gasteiger partial charge is 0.290 e.